The minimum Gasteiger partial charge on any atom is -0.194 e. The van der Waals surface area contributed by atoms with Gasteiger partial charge < -0.3 is 0 Å². The summed E-state index contributed by atoms with van der Waals surface area (Å²) in [5.41, 5.74) is 0. The molecule has 0 aromatic rings. The SMILES string of the molecule is N#CC(C#N)O[P+](=O)O. The fourth-order valence-corrected chi connectivity index (χ4v) is 0.441. The van der Waals surface area contributed by atoms with Crippen LogP contribution in [0.4, 0.5) is 0 Å². The van der Waals surface area contributed by atoms with Crippen molar-refractivity contribution >= 4 is 8.25 Å². The van der Waals surface area contributed by atoms with E-state index in [4.69, 9.17) is 15.4 Å². The molecule has 0 saturated carbocycles. The molecule has 0 aromatic heterocycles. The van der Waals surface area contributed by atoms with Crippen molar-refractivity contribution in [1.82, 2.24) is 0 Å². The Morgan fingerprint density at radius 2 is 2.00 bits per heavy atom. The summed E-state index contributed by atoms with van der Waals surface area (Å²) in [6, 6.07) is 2.71. The fourth-order valence-electron chi connectivity index (χ4n) is 0.166. The van der Waals surface area contributed by atoms with Crippen LogP contribution in [-0.2, 0) is 9.09 Å². The zero-order chi connectivity index (χ0) is 7.28. The van der Waals surface area contributed by atoms with Gasteiger partial charge in [0.05, 0.1) is 0 Å². The van der Waals surface area contributed by atoms with Gasteiger partial charge in [0, 0.05) is 4.57 Å². The van der Waals surface area contributed by atoms with Gasteiger partial charge in [0.2, 0.25) is 0 Å². The smallest absolute Gasteiger partial charge is 0.194 e. The van der Waals surface area contributed by atoms with Crippen molar-refractivity contribution in [2.45, 2.75) is 6.10 Å². The predicted octanol–water partition coefficient (Wildman–Crippen LogP) is 0.0685. The molecule has 1 N–H and O–H groups in total. The third-order valence-electron chi connectivity index (χ3n) is 0.430. The zero-order valence-electron chi connectivity index (χ0n) is 4.18. The number of hydrogen-bond acceptors (Lipinski definition) is 4. The summed E-state index contributed by atoms with van der Waals surface area (Å²) in [4.78, 5) is 7.97. The first-order valence-corrected chi connectivity index (χ1v) is 2.96. The van der Waals surface area contributed by atoms with Crippen LogP contribution in [0.5, 0.6) is 0 Å². The van der Waals surface area contributed by atoms with Crippen LogP contribution in [0.25, 0.3) is 0 Å². The Morgan fingerprint density at radius 3 is 2.11 bits per heavy atom. The standard InChI is InChI=1S/C3HN2O3P/c4-1-3(2-5)8-9(6)7/h3H/p+1. The Kier molecular flexibility index (Phi) is 3.50. The summed E-state index contributed by atoms with van der Waals surface area (Å²) in [6.07, 6.45) is -1.45. The average molecular weight is 145 g/mol. The molecule has 0 aliphatic carbocycles. The van der Waals surface area contributed by atoms with Gasteiger partial charge in [-0.2, -0.15) is 10.5 Å². The summed E-state index contributed by atoms with van der Waals surface area (Å²) >= 11 is 0. The van der Waals surface area contributed by atoms with Crippen LogP contribution in [0, 0.1) is 22.7 Å². The van der Waals surface area contributed by atoms with Crippen molar-refractivity contribution in [2.24, 2.45) is 0 Å². The average Bonchev–Trinajstić information content (AvgIpc) is 1.82. The first-order valence-electron chi connectivity index (χ1n) is 1.83. The van der Waals surface area contributed by atoms with Crippen molar-refractivity contribution in [3.8, 4) is 12.1 Å². The fraction of sp³-hybridized carbons (Fsp3) is 0.333. The molecule has 9 heavy (non-hydrogen) atoms. The van der Waals surface area contributed by atoms with Gasteiger partial charge in [-0.1, -0.05) is 4.52 Å². The van der Waals surface area contributed by atoms with Gasteiger partial charge in [-0.15, -0.1) is 4.89 Å². The normalized spacial score (nSPS) is 10.0. The van der Waals surface area contributed by atoms with Crippen molar-refractivity contribution in [1.29, 1.82) is 10.5 Å². The molecule has 1 atom stereocenters. The first kappa shape index (κ1) is 8.00. The third-order valence-corrected chi connectivity index (χ3v) is 0.821. The second-order valence-electron chi connectivity index (χ2n) is 0.981. The lowest BCUT2D eigenvalue weighted by Crippen LogP contribution is -2.00. The Hall–Kier alpha value is -1.00. The predicted molar refractivity (Wildman–Crippen MR) is 25.9 cm³/mol. The van der Waals surface area contributed by atoms with Crippen molar-refractivity contribution in [3.63, 3.8) is 0 Å². The van der Waals surface area contributed by atoms with Crippen LogP contribution in [0.15, 0.2) is 0 Å². The van der Waals surface area contributed by atoms with Gasteiger partial charge in [0.25, 0.3) is 6.10 Å². The molecule has 0 rings (SSSR count). The molecule has 0 aliphatic rings. The maximum atomic E-state index is 9.75. The summed E-state index contributed by atoms with van der Waals surface area (Å²) in [6.45, 7) is 0. The maximum absolute atomic E-state index is 9.75. The van der Waals surface area contributed by atoms with E-state index >= 15 is 0 Å². The molecule has 0 aliphatic heterocycles. The zero-order valence-corrected chi connectivity index (χ0v) is 5.08. The van der Waals surface area contributed by atoms with Gasteiger partial charge in [0.1, 0.15) is 12.1 Å². The minimum atomic E-state index is -2.85. The Morgan fingerprint density at radius 1 is 1.56 bits per heavy atom. The second kappa shape index (κ2) is 3.94. The van der Waals surface area contributed by atoms with E-state index in [0.717, 1.165) is 0 Å². The molecule has 0 spiro atoms. The summed E-state index contributed by atoms with van der Waals surface area (Å²) in [5, 5.41) is 15.9. The Labute approximate surface area is 52.0 Å². The van der Waals surface area contributed by atoms with Gasteiger partial charge in [-0.05, 0) is 0 Å². The van der Waals surface area contributed by atoms with E-state index in [1.54, 1.807) is 0 Å². The van der Waals surface area contributed by atoms with E-state index in [9.17, 15) is 4.57 Å². The Bertz CT molecular complexity index is 176. The highest BCUT2D eigenvalue weighted by molar-refractivity contribution is 7.32. The molecule has 6 heteroatoms. The molecule has 1 unspecified atom stereocenters. The number of nitrogens with zero attached hydrogens (tertiary/aromatic N) is 2. The molecule has 0 radical (unpaired) electrons. The number of rotatable bonds is 2. The maximum Gasteiger partial charge on any atom is 0.697 e. The molecule has 0 amide bonds. The van der Waals surface area contributed by atoms with E-state index < -0.39 is 14.4 Å². The molecule has 5 nitrogen and oxygen atoms in total. The van der Waals surface area contributed by atoms with Crippen molar-refractivity contribution < 1.29 is 14.0 Å². The summed E-state index contributed by atoms with van der Waals surface area (Å²) in [7, 11) is -2.85. The highest BCUT2D eigenvalue weighted by Crippen LogP contribution is 2.16. The molecular formula is C3H2N2O3P+. The lowest BCUT2D eigenvalue weighted by atomic mass is 10.5. The van der Waals surface area contributed by atoms with E-state index in [1.807, 2.05) is 0 Å². The number of nitriles is 2. The minimum absolute atomic E-state index is 1.36. The monoisotopic (exact) mass is 145 g/mol. The van der Waals surface area contributed by atoms with Gasteiger partial charge in [0.15, 0.2) is 0 Å². The highest BCUT2D eigenvalue weighted by atomic mass is 31.1. The molecule has 0 bridgehead atoms. The van der Waals surface area contributed by atoms with Gasteiger partial charge in [-0.25, -0.2) is 0 Å². The summed E-state index contributed by atoms with van der Waals surface area (Å²) in [5.74, 6) is 0. The first-order chi connectivity index (χ1) is 4.20. The molecular weight excluding hydrogens is 143 g/mol. The molecule has 0 aromatic carbocycles. The quantitative estimate of drug-likeness (QED) is 0.554. The van der Waals surface area contributed by atoms with E-state index in [-0.39, 0.29) is 0 Å². The van der Waals surface area contributed by atoms with E-state index in [1.165, 1.54) is 12.1 Å². The highest BCUT2D eigenvalue weighted by Gasteiger charge is 2.21. The second-order valence-corrected chi connectivity index (χ2v) is 1.67. The summed E-state index contributed by atoms with van der Waals surface area (Å²) < 4.78 is 13.6. The van der Waals surface area contributed by atoms with E-state index in [0.29, 0.717) is 0 Å². The lowest BCUT2D eigenvalue weighted by Gasteiger charge is -1.80. The molecule has 0 fully saturated rings. The van der Waals surface area contributed by atoms with Crippen LogP contribution < -0.4 is 0 Å². The van der Waals surface area contributed by atoms with Crippen LogP contribution in [0.2, 0.25) is 0 Å². The van der Waals surface area contributed by atoms with Crippen LogP contribution in [0.1, 0.15) is 0 Å². The molecule has 0 heterocycles. The number of hydrogen-bond donors (Lipinski definition) is 1. The van der Waals surface area contributed by atoms with Gasteiger partial charge in [-0.3, -0.25) is 0 Å². The third kappa shape index (κ3) is 3.57. The van der Waals surface area contributed by atoms with Gasteiger partial charge >= 0.3 is 8.25 Å². The molecule has 0 saturated heterocycles. The lowest BCUT2D eigenvalue weighted by molar-refractivity contribution is 0.275. The van der Waals surface area contributed by atoms with Crippen molar-refractivity contribution in [3.05, 3.63) is 0 Å². The molecule has 46 valence electrons. The topological polar surface area (TPSA) is 94.1 Å². The largest absolute Gasteiger partial charge is 0.697 e. The Balaban J connectivity index is 3.78. The van der Waals surface area contributed by atoms with Crippen LogP contribution >= 0.6 is 8.25 Å². The van der Waals surface area contributed by atoms with Crippen LogP contribution in [0.3, 0.4) is 0 Å². The van der Waals surface area contributed by atoms with Crippen molar-refractivity contribution in [2.75, 3.05) is 0 Å². The van der Waals surface area contributed by atoms with E-state index in [2.05, 4.69) is 4.52 Å². The van der Waals surface area contributed by atoms with Crippen LogP contribution in [-0.4, -0.2) is 11.0 Å².